The smallest absolute Gasteiger partial charge is 0.229 e. The Kier molecular flexibility index (Phi) is 8.21. The summed E-state index contributed by atoms with van der Waals surface area (Å²) in [4.78, 5) is 11.4. The summed E-state index contributed by atoms with van der Waals surface area (Å²) in [7, 11) is -1.46. The van der Waals surface area contributed by atoms with Crippen molar-refractivity contribution in [3.05, 3.63) is 29.8 Å². The van der Waals surface area contributed by atoms with Crippen molar-refractivity contribution in [1.82, 2.24) is 10.6 Å². The lowest BCUT2D eigenvalue weighted by molar-refractivity contribution is -0.121. The van der Waals surface area contributed by atoms with Gasteiger partial charge in [-0.25, -0.2) is 8.42 Å². The molecule has 20 heavy (non-hydrogen) atoms. The van der Waals surface area contributed by atoms with Crippen LogP contribution in [0.4, 0.5) is 5.69 Å². The van der Waals surface area contributed by atoms with E-state index >= 15 is 0 Å². The predicted molar refractivity (Wildman–Crippen MR) is 82.5 cm³/mol. The topological polar surface area (TPSA) is 87.3 Å². The second kappa shape index (κ2) is 8.78. The van der Waals surface area contributed by atoms with Crippen LogP contribution < -0.4 is 15.4 Å². The van der Waals surface area contributed by atoms with E-state index < -0.39 is 10.0 Å². The van der Waals surface area contributed by atoms with Crippen LogP contribution in [0.15, 0.2) is 24.3 Å². The van der Waals surface area contributed by atoms with Gasteiger partial charge in [0, 0.05) is 25.2 Å². The first kappa shape index (κ1) is 18.7. The molecule has 0 fully saturated rings. The van der Waals surface area contributed by atoms with Crippen molar-refractivity contribution in [1.29, 1.82) is 0 Å². The van der Waals surface area contributed by atoms with Crippen molar-refractivity contribution >= 4 is 34.0 Å². The minimum Gasteiger partial charge on any atom is -0.352 e. The van der Waals surface area contributed by atoms with Crippen molar-refractivity contribution in [2.75, 3.05) is 24.6 Å². The highest BCUT2D eigenvalue weighted by atomic mass is 35.5. The number of carbonyl (C=O) groups excluding carboxylic acids is 1. The van der Waals surface area contributed by atoms with Gasteiger partial charge in [-0.3, -0.25) is 9.52 Å². The van der Waals surface area contributed by atoms with E-state index in [1.54, 1.807) is 31.3 Å². The molecule has 0 bridgehead atoms. The Bertz CT molecular complexity index is 517. The number of carbonyl (C=O) groups is 1. The van der Waals surface area contributed by atoms with Crippen LogP contribution in [0.1, 0.15) is 12.0 Å². The zero-order chi connectivity index (χ0) is 14.3. The third kappa shape index (κ3) is 7.98. The van der Waals surface area contributed by atoms with Crippen molar-refractivity contribution in [2.24, 2.45) is 0 Å². The van der Waals surface area contributed by atoms with Gasteiger partial charge < -0.3 is 10.6 Å². The first-order valence-corrected chi connectivity index (χ1v) is 7.78. The average Bonchev–Trinajstić information content (AvgIpc) is 2.33. The van der Waals surface area contributed by atoms with E-state index in [2.05, 4.69) is 15.4 Å². The summed E-state index contributed by atoms with van der Waals surface area (Å²) in [6, 6.07) is 6.87. The van der Waals surface area contributed by atoms with Crippen molar-refractivity contribution in [2.45, 2.75) is 13.0 Å². The first-order valence-electron chi connectivity index (χ1n) is 5.89. The molecule has 1 rings (SSSR count). The van der Waals surface area contributed by atoms with Crippen LogP contribution in [0.5, 0.6) is 0 Å². The molecular weight excluding hydrogens is 302 g/mol. The number of halogens is 1. The maximum absolute atomic E-state index is 11.4. The number of anilines is 1. The summed E-state index contributed by atoms with van der Waals surface area (Å²) in [5.41, 5.74) is 1.42. The second-order valence-corrected chi connectivity index (χ2v) is 5.95. The van der Waals surface area contributed by atoms with Gasteiger partial charge in [0.05, 0.1) is 6.26 Å². The van der Waals surface area contributed by atoms with Crippen LogP contribution in [-0.2, 0) is 21.4 Å². The largest absolute Gasteiger partial charge is 0.352 e. The summed E-state index contributed by atoms with van der Waals surface area (Å²) < 4.78 is 24.4. The fourth-order valence-corrected chi connectivity index (χ4v) is 2.00. The Morgan fingerprint density at radius 3 is 2.30 bits per heavy atom. The molecule has 8 heteroatoms. The zero-order valence-electron chi connectivity index (χ0n) is 11.5. The van der Waals surface area contributed by atoms with Crippen LogP contribution in [0.25, 0.3) is 0 Å². The monoisotopic (exact) mass is 321 g/mol. The molecule has 0 radical (unpaired) electrons. The highest BCUT2D eigenvalue weighted by Crippen LogP contribution is 2.10. The summed E-state index contributed by atoms with van der Waals surface area (Å²) in [6.07, 6.45) is 1.53. The minimum absolute atomic E-state index is 0. The minimum atomic E-state index is -3.25. The molecule has 0 atom stereocenters. The molecule has 1 amide bonds. The van der Waals surface area contributed by atoms with E-state index in [9.17, 15) is 13.2 Å². The van der Waals surface area contributed by atoms with Gasteiger partial charge in [-0.15, -0.1) is 12.4 Å². The molecule has 1 aromatic rings. The Hall–Kier alpha value is -1.31. The number of amides is 1. The van der Waals surface area contributed by atoms with Gasteiger partial charge >= 0.3 is 0 Å². The number of hydrogen-bond acceptors (Lipinski definition) is 4. The summed E-state index contributed by atoms with van der Waals surface area (Å²) in [6.45, 7) is 1.07. The zero-order valence-corrected chi connectivity index (χ0v) is 13.1. The molecule has 0 saturated carbocycles. The Labute approximate surface area is 125 Å². The molecule has 0 unspecified atom stereocenters. The van der Waals surface area contributed by atoms with Gasteiger partial charge in [0.25, 0.3) is 0 Å². The normalized spacial score (nSPS) is 10.5. The molecule has 0 aliphatic heterocycles. The predicted octanol–water partition coefficient (Wildman–Crippen LogP) is 0.706. The molecule has 3 N–H and O–H groups in total. The third-order valence-corrected chi connectivity index (χ3v) is 2.96. The van der Waals surface area contributed by atoms with Crippen LogP contribution in [-0.4, -0.2) is 34.2 Å². The Morgan fingerprint density at radius 1 is 1.20 bits per heavy atom. The maximum atomic E-state index is 11.4. The lowest BCUT2D eigenvalue weighted by atomic mass is 10.2. The van der Waals surface area contributed by atoms with Crippen LogP contribution in [0.2, 0.25) is 0 Å². The molecule has 6 nitrogen and oxygen atoms in total. The van der Waals surface area contributed by atoms with E-state index in [-0.39, 0.29) is 18.3 Å². The summed E-state index contributed by atoms with van der Waals surface area (Å²) in [5.74, 6) is -0.0207. The van der Waals surface area contributed by atoms with E-state index in [0.29, 0.717) is 25.2 Å². The van der Waals surface area contributed by atoms with Gasteiger partial charge in [0.1, 0.15) is 0 Å². The lowest BCUT2D eigenvalue weighted by Crippen LogP contribution is -2.26. The van der Waals surface area contributed by atoms with E-state index in [4.69, 9.17) is 0 Å². The van der Waals surface area contributed by atoms with Gasteiger partial charge in [-0.1, -0.05) is 12.1 Å². The number of rotatable bonds is 7. The van der Waals surface area contributed by atoms with Crippen LogP contribution in [0.3, 0.4) is 0 Å². The first-order chi connectivity index (χ1) is 8.90. The highest BCUT2D eigenvalue weighted by molar-refractivity contribution is 7.92. The molecule has 0 aliphatic rings. The number of nitrogens with one attached hydrogen (secondary N) is 3. The highest BCUT2D eigenvalue weighted by Gasteiger charge is 2.03. The van der Waals surface area contributed by atoms with E-state index in [1.807, 2.05) is 0 Å². The second-order valence-electron chi connectivity index (χ2n) is 4.20. The molecule has 0 aliphatic carbocycles. The standard InChI is InChI=1S/C12H19N3O3S.ClH/c1-13-8-7-12(16)14-9-10-3-5-11(6-4-10)15-19(2,17)18;/h3-6,13,15H,7-9H2,1-2H3,(H,14,16);1H. The van der Waals surface area contributed by atoms with Crippen molar-refractivity contribution in [3.63, 3.8) is 0 Å². The van der Waals surface area contributed by atoms with Gasteiger partial charge in [-0.2, -0.15) is 0 Å². The lowest BCUT2D eigenvalue weighted by Gasteiger charge is -2.07. The van der Waals surface area contributed by atoms with E-state index in [0.717, 1.165) is 11.8 Å². The SMILES string of the molecule is CNCCC(=O)NCc1ccc(NS(C)(=O)=O)cc1.Cl. The van der Waals surface area contributed by atoms with E-state index in [1.165, 1.54) is 0 Å². The summed E-state index contributed by atoms with van der Waals surface area (Å²) in [5, 5.41) is 5.68. The maximum Gasteiger partial charge on any atom is 0.229 e. The van der Waals surface area contributed by atoms with Crippen molar-refractivity contribution in [3.8, 4) is 0 Å². The molecule has 0 saturated heterocycles. The molecule has 0 heterocycles. The van der Waals surface area contributed by atoms with Gasteiger partial charge in [0.2, 0.25) is 15.9 Å². The number of hydrogen-bond donors (Lipinski definition) is 3. The molecule has 0 spiro atoms. The Balaban J connectivity index is 0.00000361. The fraction of sp³-hybridized carbons (Fsp3) is 0.417. The quantitative estimate of drug-likeness (QED) is 0.690. The van der Waals surface area contributed by atoms with Crippen LogP contribution >= 0.6 is 12.4 Å². The molecule has 1 aromatic carbocycles. The number of sulfonamides is 1. The van der Waals surface area contributed by atoms with Gasteiger partial charge in [0.15, 0.2) is 0 Å². The molecular formula is C12H20ClN3O3S. The average molecular weight is 322 g/mol. The molecule has 0 aromatic heterocycles. The number of benzene rings is 1. The van der Waals surface area contributed by atoms with Crippen molar-refractivity contribution < 1.29 is 13.2 Å². The Morgan fingerprint density at radius 2 is 1.80 bits per heavy atom. The van der Waals surface area contributed by atoms with Crippen LogP contribution in [0, 0.1) is 0 Å². The summed E-state index contributed by atoms with van der Waals surface area (Å²) >= 11 is 0. The van der Waals surface area contributed by atoms with Gasteiger partial charge in [-0.05, 0) is 24.7 Å². The third-order valence-electron chi connectivity index (χ3n) is 2.35. The molecule has 114 valence electrons. The fourth-order valence-electron chi connectivity index (χ4n) is 1.43.